The van der Waals surface area contributed by atoms with Gasteiger partial charge in [-0.05, 0) is 23.8 Å². The van der Waals surface area contributed by atoms with Crippen molar-refractivity contribution in [2.24, 2.45) is 0 Å². The molecule has 0 N–H and O–H groups in total. The fourth-order valence-corrected chi connectivity index (χ4v) is 2.04. The number of rotatable bonds is 3. The highest BCUT2D eigenvalue weighted by molar-refractivity contribution is 6.30. The molecule has 1 aromatic carbocycles. The van der Waals surface area contributed by atoms with E-state index in [-0.39, 0.29) is 16.5 Å². The van der Waals surface area contributed by atoms with E-state index in [0.717, 1.165) is 0 Å². The molecule has 20 heavy (non-hydrogen) atoms. The number of pyridine rings is 1. The fourth-order valence-electron chi connectivity index (χ4n) is 1.76. The van der Waals surface area contributed by atoms with Gasteiger partial charge in [0.2, 0.25) is 0 Å². The second kappa shape index (κ2) is 5.87. The number of halogens is 2. The molecule has 0 aliphatic heterocycles. The molecule has 0 spiro atoms. The second-order valence-electron chi connectivity index (χ2n) is 3.91. The summed E-state index contributed by atoms with van der Waals surface area (Å²) in [4.78, 5) is 14.4. The first-order valence-corrected chi connectivity index (χ1v) is 6.24. The van der Waals surface area contributed by atoms with E-state index in [1.54, 1.807) is 24.3 Å². The second-order valence-corrected chi connectivity index (χ2v) is 4.73. The van der Waals surface area contributed by atoms with Gasteiger partial charge in [0.15, 0.2) is 0 Å². The Hall–Kier alpha value is -2.16. The molecule has 1 atom stereocenters. The van der Waals surface area contributed by atoms with Gasteiger partial charge in [-0.1, -0.05) is 35.3 Å². The van der Waals surface area contributed by atoms with Crippen LogP contribution in [0.25, 0.3) is 0 Å². The summed E-state index contributed by atoms with van der Waals surface area (Å²) in [5.41, 5.74) is 0.345. The maximum absolute atomic E-state index is 11.0. The third kappa shape index (κ3) is 2.87. The maximum Gasteiger partial charge on any atom is 0.292 e. The molecule has 0 radical (unpaired) electrons. The fraction of sp³-hybridized carbons (Fsp3) is 0.0769. The highest BCUT2D eigenvalue weighted by Crippen LogP contribution is 2.31. The first kappa shape index (κ1) is 14.3. The third-order valence-corrected chi connectivity index (χ3v) is 3.13. The van der Waals surface area contributed by atoms with Gasteiger partial charge in [0.25, 0.3) is 5.69 Å². The van der Waals surface area contributed by atoms with Gasteiger partial charge in [0, 0.05) is 11.1 Å². The van der Waals surface area contributed by atoms with Crippen molar-refractivity contribution in [1.29, 1.82) is 5.26 Å². The molecule has 1 heterocycles. The van der Waals surface area contributed by atoms with Gasteiger partial charge in [-0.2, -0.15) is 5.26 Å². The number of aromatic nitrogens is 1. The number of hydrogen-bond acceptors (Lipinski definition) is 4. The van der Waals surface area contributed by atoms with Crippen LogP contribution in [0.15, 0.2) is 36.4 Å². The molecule has 0 aliphatic carbocycles. The van der Waals surface area contributed by atoms with Crippen LogP contribution in [-0.2, 0) is 0 Å². The molecular weight excluding hydrogens is 301 g/mol. The topological polar surface area (TPSA) is 79.8 Å². The van der Waals surface area contributed by atoms with E-state index >= 15 is 0 Å². The largest absolute Gasteiger partial charge is 0.292 e. The molecule has 0 saturated carbocycles. The number of hydrogen-bond donors (Lipinski definition) is 0. The Kier molecular flexibility index (Phi) is 4.18. The zero-order chi connectivity index (χ0) is 14.7. The molecule has 0 amide bonds. The van der Waals surface area contributed by atoms with Crippen molar-refractivity contribution >= 4 is 28.9 Å². The van der Waals surface area contributed by atoms with Crippen molar-refractivity contribution in [2.45, 2.75) is 5.92 Å². The summed E-state index contributed by atoms with van der Waals surface area (Å²) in [5.74, 6) is -0.883. The SMILES string of the molecule is N#CC(c1ccc(Cl)cc1)c1nc(Cl)ccc1[N+](=O)[O-]. The summed E-state index contributed by atoms with van der Waals surface area (Å²) in [7, 11) is 0. The number of nitrogens with zero attached hydrogens (tertiary/aromatic N) is 3. The van der Waals surface area contributed by atoms with Crippen molar-refractivity contribution in [1.82, 2.24) is 4.98 Å². The molecule has 1 aromatic heterocycles. The smallest absolute Gasteiger partial charge is 0.258 e. The zero-order valence-corrected chi connectivity index (χ0v) is 11.5. The van der Waals surface area contributed by atoms with Gasteiger partial charge in [0.1, 0.15) is 16.8 Å². The van der Waals surface area contributed by atoms with Gasteiger partial charge in [-0.3, -0.25) is 10.1 Å². The summed E-state index contributed by atoms with van der Waals surface area (Å²) in [5, 5.41) is 21.0. The Morgan fingerprint density at radius 3 is 2.40 bits per heavy atom. The summed E-state index contributed by atoms with van der Waals surface area (Å²) in [6.07, 6.45) is 0. The Bertz CT molecular complexity index is 696. The van der Waals surface area contributed by atoms with Gasteiger partial charge >= 0.3 is 0 Å². The molecule has 5 nitrogen and oxygen atoms in total. The lowest BCUT2D eigenvalue weighted by molar-refractivity contribution is -0.386. The molecule has 1 unspecified atom stereocenters. The van der Waals surface area contributed by atoms with E-state index in [1.165, 1.54) is 12.1 Å². The highest BCUT2D eigenvalue weighted by atomic mass is 35.5. The standard InChI is InChI=1S/C13H7Cl2N3O2/c14-9-3-1-8(2-4-9)10(7-16)13-11(18(19)20)5-6-12(15)17-13/h1-6,10H. The van der Waals surface area contributed by atoms with E-state index in [0.29, 0.717) is 10.6 Å². The first-order valence-electron chi connectivity index (χ1n) is 5.49. The van der Waals surface area contributed by atoms with E-state index in [9.17, 15) is 15.4 Å². The molecule has 0 fully saturated rings. The van der Waals surface area contributed by atoms with Crippen molar-refractivity contribution in [3.05, 3.63) is 67.9 Å². The van der Waals surface area contributed by atoms with Gasteiger partial charge < -0.3 is 0 Å². The monoisotopic (exact) mass is 307 g/mol. The van der Waals surface area contributed by atoms with Crippen molar-refractivity contribution in [3.8, 4) is 6.07 Å². The molecular formula is C13H7Cl2N3O2. The van der Waals surface area contributed by atoms with Crippen LogP contribution >= 0.6 is 23.2 Å². The molecule has 0 saturated heterocycles. The molecule has 100 valence electrons. The Labute approximate surface area is 124 Å². The zero-order valence-electron chi connectivity index (χ0n) is 9.96. The van der Waals surface area contributed by atoms with Crippen molar-refractivity contribution < 1.29 is 4.92 Å². The lowest BCUT2D eigenvalue weighted by Crippen LogP contribution is -2.05. The molecule has 0 bridgehead atoms. The maximum atomic E-state index is 11.0. The van der Waals surface area contributed by atoms with Gasteiger partial charge in [-0.25, -0.2) is 4.98 Å². The number of benzene rings is 1. The highest BCUT2D eigenvalue weighted by Gasteiger charge is 2.25. The summed E-state index contributed by atoms with van der Waals surface area (Å²) in [6, 6.07) is 11.0. The van der Waals surface area contributed by atoms with Crippen LogP contribution in [-0.4, -0.2) is 9.91 Å². The molecule has 2 aromatic rings. The van der Waals surface area contributed by atoms with Gasteiger partial charge in [-0.15, -0.1) is 0 Å². The molecule has 7 heteroatoms. The summed E-state index contributed by atoms with van der Waals surface area (Å²) < 4.78 is 0. The summed E-state index contributed by atoms with van der Waals surface area (Å²) in [6.45, 7) is 0. The Morgan fingerprint density at radius 2 is 1.85 bits per heavy atom. The average molecular weight is 308 g/mol. The lowest BCUT2D eigenvalue weighted by Gasteiger charge is -2.09. The van der Waals surface area contributed by atoms with E-state index in [4.69, 9.17) is 23.2 Å². The minimum Gasteiger partial charge on any atom is -0.258 e. The van der Waals surface area contributed by atoms with E-state index in [1.807, 2.05) is 6.07 Å². The molecule has 2 rings (SSSR count). The van der Waals surface area contributed by atoms with E-state index in [2.05, 4.69) is 4.98 Å². The summed E-state index contributed by atoms with van der Waals surface area (Å²) >= 11 is 11.6. The average Bonchev–Trinajstić information content (AvgIpc) is 2.41. The Balaban J connectivity index is 2.57. The number of nitriles is 1. The molecule has 0 aliphatic rings. The van der Waals surface area contributed by atoms with Gasteiger partial charge in [0.05, 0.1) is 11.0 Å². The first-order chi connectivity index (χ1) is 9.52. The van der Waals surface area contributed by atoms with Crippen LogP contribution in [0.2, 0.25) is 10.2 Å². The van der Waals surface area contributed by atoms with Crippen LogP contribution in [0.3, 0.4) is 0 Å². The van der Waals surface area contributed by atoms with Crippen LogP contribution in [0.4, 0.5) is 5.69 Å². The van der Waals surface area contributed by atoms with Crippen LogP contribution in [0.5, 0.6) is 0 Å². The normalized spacial score (nSPS) is 11.7. The van der Waals surface area contributed by atoms with Crippen LogP contribution in [0, 0.1) is 21.4 Å². The quantitative estimate of drug-likeness (QED) is 0.488. The minimum atomic E-state index is -0.883. The number of nitro groups is 1. The lowest BCUT2D eigenvalue weighted by atomic mass is 9.96. The predicted molar refractivity (Wildman–Crippen MR) is 74.8 cm³/mol. The predicted octanol–water partition coefficient (Wildman–Crippen LogP) is 3.95. The minimum absolute atomic E-state index is 0.0207. The van der Waals surface area contributed by atoms with Crippen LogP contribution in [0.1, 0.15) is 17.2 Å². The third-order valence-electron chi connectivity index (χ3n) is 2.67. The van der Waals surface area contributed by atoms with Crippen LogP contribution < -0.4 is 0 Å². The van der Waals surface area contributed by atoms with Crippen molar-refractivity contribution in [2.75, 3.05) is 0 Å². The van der Waals surface area contributed by atoms with Crippen molar-refractivity contribution in [3.63, 3.8) is 0 Å². The Morgan fingerprint density at radius 1 is 1.20 bits per heavy atom. The van der Waals surface area contributed by atoms with E-state index < -0.39 is 10.8 Å².